The zero-order valence-corrected chi connectivity index (χ0v) is 13.5. The van der Waals surface area contributed by atoms with E-state index in [9.17, 15) is 9.59 Å². The van der Waals surface area contributed by atoms with E-state index >= 15 is 0 Å². The fraction of sp³-hybridized carbons (Fsp3) is 0.615. The van der Waals surface area contributed by atoms with E-state index in [0.717, 1.165) is 10.7 Å². The summed E-state index contributed by atoms with van der Waals surface area (Å²) in [6.07, 6.45) is -0.531. The minimum atomic E-state index is -0.587. The predicted molar refractivity (Wildman–Crippen MR) is 77.7 cm³/mol. The number of carbonyl (C=O) groups is 2. The molecule has 20 heavy (non-hydrogen) atoms. The van der Waals surface area contributed by atoms with Gasteiger partial charge in [0.15, 0.2) is 0 Å². The number of hydrogen-bond donors (Lipinski definition) is 0. The molecule has 0 aliphatic rings. The largest absolute Gasteiger partial charge is 0.453 e. The molecule has 1 aromatic heterocycles. The highest BCUT2D eigenvalue weighted by atomic mass is 32.1. The van der Waals surface area contributed by atoms with Gasteiger partial charge in [0.25, 0.3) is 0 Å². The van der Waals surface area contributed by atoms with Crippen molar-refractivity contribution < 1.29 is 14.3 Å². The minimum Gasteiger partial charge on any atom is -0.453 e. The number of thiazole rings is 1. The van der Waals surface area contributed by atoms with Gasteiger partial charge in [0.2, 0.25) is 5.91 Å². The van der Waals surface area contributed by atoms with E-state index in [1.807, 2.05) is 19.2 Å². The van der Waals surface area contributed by atoms with Gasteiger partial charge < -0.3 is 9.64 Å². The highest BCUT2D eigenvalue weighted by molar-refractivity contribution is 7.09. The van der Waals surface area contributed by atoms with Crippen LogP contribution < -0.4 is 0 Å². The fourth-order valence-corrected chi connectivity index (χ4v) is 2.58. The van der Waals surface area contributed by atoms with Crippen molar-refractivity contribution in [1.29, 1.82) is 0 Å². The molecule has 2 amide bonds. The Morgan fingerprint density at radius 2 is 1.90 bits per heavy atom. The second-order valence-corrected chi connectivity index (χ2v) is 5.60. The first-order valence-electron chi connectivity index (χ1n) is 6.29. The number of nitrogens with zero attached hydrogens (tertiary/aromatic N) is 3. The molecule has 0 aromatic carbocycles. The van der Waals surface area contributed by atoms with Crippen molar-refractivity contribution >= 4 is 23.3 Å². The lowest BCUT2D eigenvalue weighted by atomic mass is 10.2. The van der Waals surface area contributed by atoms with Crippen LogP contribution in [0.2, 0.25) is 0 Å². The lowest BCUT2D eigenvalue weighted by Gasteiger charge is -2.30. The van der Waals surface area contributed by atoms with E-state index in [-0.39, 0.29) is 11.9 Å². The smallest absolute Gasteiger partial charge is 0.409 e. The summed E-state index contributed by atoms with van der Waals surface area (Å²) in [5, 5.41) is 2.83. The van der Waals surface area contributed by atoms with Gasteiger partial charge in [-0.1, -0.05) is 0 Å². The van der Waals surface area contributed by atoms with Crippen LogP contribution in [0.25, 0.3) is 0 Å². The first kappa shape index (κ1) is 16.4. The molecule has 0 bridgehead atoms. The number of carbonyl (C=O) groups excluding carboxylic acids is 2. The third-order valence-electron chi connectivity index (χ3n) is 3.32. The molecule has 2 atom stereocenters. The normalized spacial score (nSPS) is 13.5. The maximum atomic E-state index is 12.4. The molecule has 0 aliphatic carbocycles. The number of methoxy groups -OCH3 is 1. The SMILES string of the molecule is COC(=O)N(C)C(C)C(=O)N(C)C(C)c1nc(C)cs1. The number of aromatic nitrogens is 1. The molecule has 1 aromatic rings. The highest BCUT2D eigenvalue weighted by Crippen LogP contribution is 2.23. The van der Waals surface area contributed by atoms with Crippen LogP contribution in [0.3, 0.4) is 0 Å². The summed E-state index contributed by atoms with van der Waals surface area (Å²) in [4.78, 5) is 31.1. The molecular weight excluding hydrogens is 278 g/mol. The predicted octanol–water partition coefficient (Wildman–Crippen LogP) is 2.06. The van der Waals surface area contributed by atoms with E-state index < -0.39 is 12.1 Å². The molecule has 6 nitrogen and oxygen atoms in total. The number of aryl methyl sites for hydroxylation is 1. The van der Waals surface area contributed by atoms with Gasteiger partial charge in [-0.3, -0.25) is 9.69 Å². The van der Waals surface area contributed by atoms with Crippen molar-refractivity contribution in [2.45, 2.75) is 32.9 Å². The Hall–Kier alpha value is -1.63. The molecule has 112 valence electrons. The van der Waals surface area contributed by atoms with Gasteiger partial charge in [0.1, 0.15) is 11.0 Å². The molecule has 0 saturated carbocycles. The summed E-state index contributed by atoms with van der Waals surface area (Å²) < 4.78 is 4.62. The standard InChI is InChI=1S/C13H21N3O3S/c1-8-7-20-11(14-8)9(2)15(4)12(17)10(3)16(5)13(18)19-6/h7,9-10H,1-6H3. The summed E-state index contributed by atoms with van der Waals surface area (Å²) >= 11 is 1.52. The van der Waals surface area contributed by atoms with Gasteiger partial charge in [-0.05, 0) is 20.8 Å². The van der Waals surface area contributed by atoms with Gasteiger partial charge in [0.05, 0.1) is 13.2 Å². The molecule has 1 rings (SSSR count). The van der Waals surface area contributed by atoms with Crippen LogP contribution in [0, 0.1) is 6.92 Å². The van der Waals surface area contributed by atoms with Crippen molar-refractivity contribution in [3.8, 4) is 0 Å². The number of ether oxygens (including phenoxy) is 1. The van der Waals surface area contributed by atoms with Crippen molar-refractivity contribution in [3.05, 3.63) is 16.1 Å². The number of likely N-dealkylation sites (N-methyl/N-ethyl adjacent to an activating group) is 2. The van der Waals surface area contributed by atoms with Crippen LogP contribution >= 0.6 is 11.3 Å². The van der Waals surface area contributed by atoms with Gasteiger partial charge in [-0.25, -0.2) is 9.78 Å². The Morgan fingerprint density at radius 3 is 2.35 bits per heavy atom. The minimum absolute atomic E-state index is 0.130. The summed E-state index contributed by atoms with van der Waals surface area (Å²) in [5.41, 5.74) is 0.942. The van der Waals surface area contributed by atoms with Crippen LogP contribution in [-0.4, -0.2) is 54.0 Å². The molecule has 0 N–H and O–H groups in total. The zero-order valence-electron chi connectivity index (χ0n) is 12.7. The molecule has 2 unspecified atom stereocenters. The van der Waals surface area contributed by atoms with Crippen molar-refractivity contribution in [1.82, 2.24) is 14.8 Å². The Balaban J connectivity index is 2.78. The third-order valence-corrected chi connectivity index (χ3v) is 4.46. The Morgan fingerprint density at radius 1 is 1.30 bits per heavy atom. The van der Waals surface area contributed by atoms with E-state index in [1.165, 1.54) is 23.3 Å². The molecular formula is C13H21N3O3S. The van der Waals surface area contributed by atoms with E-state index in [1.54, 1.807) is 25.9 Å². The first-order chi connectivity index (χ1) is 9.29. The summed E-state index contributed by atoms with van der Waals surface area (Å²) in [7, 11) is 4.55. The summed E-state index contributed by atoms with van der Waals surface area (Å²) in [5.74, 6) is -0.154. The molecule has 0 fully saturated rings. The van der Waals surface area contributed by atoms with Crippen LogP contribution in [0.4, 0.5) is 4.79 Å². The Kier molecular flexibility index (Phi) is 5.50. The summed E-state index contributed by atoms with van der Waals surface area (Å²) in [6.45, 7) is 5.51. The summed E-state index contributed by atoms with van der Waals surface area (Å²) in [6, 6.07) is -0.717. The zero-order chi connectivity index (χ0) is 15.4. The number of amides is 2. The lowest BCUT2D eigenvalue weighted by molar-refractivity contribution is -0.136. The average Bonchev–Trinajstić information content (AvgIpc) is 2.88. The van der Waals surface area contributed by atoms with Crippen molar-refractivity contribution in [2.75, 3.05) is 21.2 Å². The molecule has 0 saturated heterocycles. The van der Waals surface area contributed by atoms with E-state index in [2.05, 4.69) is 9.72 Å². The van der Waals surface area contributed by atoms with E-state index in [4.69, 9.17) is 0 Å². The van der Waals surface area contributed by atoms with Crippen LogP contribution in [0.1, 0.15) is 30.6 Å². The topological polar surface area (TPSA) is 62.7 Å². The monoisotopic (exact) mass is 299 g/mol. The third kappa shape index (κ3) is 3.47. The lowest BCUT2D eigenvalue weighted by Crippen LogP contribution is -2.47. The first-order valence-corrected chi connectivity index (χ1v) is 7.17. The Labute approximate surface area is 123 Å². The second-order valence-electron chi connectivity index (χ2n) is 4.71. The molecule has 0 aliphatic heterocycles. The van der Waals surface area contributed by atoms with Gasteiger partial charge in [-0.2, -0.15) is 0 Å². The average molecular weight is 299 g/mol. The highest BCUT2D eigenvalue weighted by Gasteiger charge is 2.29. The maximum absolute atomic E-state index is 12.4. The molecule has 0 spiro atoms. The fourth-order valence-electron chi connectivity index (χ4n) is 1.68. The van der Waals surface area contributed by atoms with Gasteiger partial charge in [0, 0.05) is 25.2 Å². The number of rotatable bonds is 4. The second kappa shape index (κ2) is 6.69. The quantitative estimate of drug-likeness (QED) is 0.853. The van der Waals surface area contributed by atoms with Gasteiger partial charge >= 0.3 is 6.09 Å². The maximum Gasteiger partial charge on any atom is 0.409 e. The molecule has 1 heterocycles. The number of hydrogen-bond acceptors (Lipinski definition) is 5. The van der Waals surface area contributed by atoms with Crippen LogP contribution in [0.15, 0.2) is 5.38 Å². The van der Waals surface area contributed by atoms with Gasteiger partial charge in [-0.15, -0.1) is 11.3 Å². The van der Waals surface area contributed by atoms with Crippen molar-refractivity contribution in [2.24, 2.45) is 0 Å². The van der Waals surface area contributed by atoms with E-state index in [0.29, 0.717) is 0 Å². The van der Waals surface area contributed by atoms with Crippen LogP contribution in [-0.2, 0) is 9.53 Å². The Bertz CT molecular complexity index is 489. The van der Waals surface area contributed by atoms with Crippen molar-refractivity contribution in [3.63, 3.8) is 0 Å². The molecule has 7 heteroatoms. The van der Waals surface area contributed by atoms with Crippen LogP contribution in [0.5, 0.6) is 0 Å². The molecule has 0 radical (unpaired) electrons.